The molecule has 0 fully saturated rings. The number of aldehydes is 2. The van der Waals surface area contributed by atoms with Gasteiger partial charge < -0.3 is 15.0 Å². The summed E-state index contributed by atoms with van der Waals surface area (Å²) in [5, 5.41) is 4.26. The molecule has 3 heterocycles. The number of hydrogen-bond donors (Lipinski definition) is 2. The van der Waals surface area contributed by atoms with Gasteiger partial charge in [0.15, 0.2) is 12.6 Å². The minimum Gasteiger partial charge on any atom is -0.497 e. The smallest absolute Gasteiger partial charge is 0.227 e. The van der Waals surface area contributed by atoms with Gasteiger partial charge >= 0.3 is 0 Å². The zero-order chi connectivity index (χ0) is 23.9. The summed E-state index contributed by atoms with van der Waals surface area (Å²) >= 11 is 1.69. The van der Waals surface area contributed by atoms with E-state index in [1.807, 2.05) is 36.4 Å². The molecule has 2 aromatic carbocycles. The number of ether oxygens (including phenoxy) is 1. The van der Waals surface area contributed by atoms with Crippen molar-refractivity contribution in [3.63, 3.8) is 0 Å². The number of carbonyl (C=O) groups excluding carboxylic acids is 2. The van der Waals surface area contributed by atoms with Gasteiger partial charge in [-0.2, -0.15) is 0 Å². The number of anilines is 2. The van der Waals surface area contributed by atoms with Crippen molar-refractivity contribution in [3.8, 4) is 16.5 Å². The zero-order valence-electron chi connectivity index (χ0n) is 18.5. The molecule has 0 bridgehead atoms. The summed E-state index contributed by atoms with van der Waals surface area (Å²) in [5.74, 6) is 1.95. The van der Waals surface area contributed by atoms with Crippen LogP contribution in [0.5, 0.6) is 5.75 Å². The van der Waals surface area contributed by atoms with Crippen molar-refractivity contribution in [2.24, 2.45) is 0 Å². The molecule has 8 nitrogen and oxygen atoms in total. The Morgan fingerprint density at radius 3 is 2.50 bits per heavy atom. The van der Waals surface area contributed by atoms with E-state index >= 15 is 0 Å². The summed E-state index contributed by atoms with van der Waals surface area (Å²) in [4.78, 5) is 37.5. The Morgan fingerprint density at radius 2 is 1.82 bits per heavy atom. The van der Waals surface area contributed by atoms with Crippen LogP contribution in [-0.4, -0.2) is 39.6 Å². The summed E-state index contributed by atoms with van der Waals surface area (Å²) in [7, 11) is 1.61. The van der Waals surface area contributed by atoms with Gasteiger partial charge in [0.05, 0.1) is 17.6 Å². The quantitative estimate of drug-likeness (QED) is 0.317. The van der Waals surface area contributed by atoms with Crippen LogP contribution in [0.4, 0.5) is 11.6 Å². The summed E-state index contributed by atoms with van der Waals surface area (Å²) in [6.45, 7) is 2.08. The van der Waals surface area contributed by atoms with Crippen molar-refractivity contribution in [1.82, 2.24) is 19.9 Å². The van der Waals surface area contributed by atoms with E-state index in [0.717, 1.165) is 28.4 Å². The van der Waals surface area contributed by atoms with Crippen LogP contribution < -0.4 is 10.1 Å². The van der Waals surface area contributed by atoms with Gasteiger partial charge in [0.25, 0.3) is 0 Å². The average molecular weight is 472 g/mol. The molecule has 2 N–H and O–H groups in total. The van der Waals surface area contributed by atoms with Gasteiger partial charge in [-0.1, -0.05) is 24.3 Å². The Hall–Kier alpha value is -4.37. The number of imidazole rings is 1. The van der Waals surface area contributed by atoms with E-state index in [1.165, 1.54) is 28.0 Å². The number of aryl methyl sites for hydroxylation is 1. The van der Waals surface area contributed by atoms with Crippen molar-refractivity contribution >= 4 is 45.6 Å². The van der Waals surface area contributed by atoms with Crippen LogP contribution in [-0.2, 0) is 0 Å². The average Bonchev–Trinajstić information content (AvgIpc) is 3.50. The van der Waals surface area contributed by atoms with E-state index in [9.17, 15) is 9.59 Å². The third-order valence-electron chi connectivity index (χ3n) is 4.91. The number of H-pyrrole nitrogens is 1. The predicted molar refractivity (Wildman–Crippen MR) is 133 cm³/mol. The number of aromatic amines is 1. The second kappa shape index (κ2) is 10.5. The van der Waals surface area contributed by atoms with Crippen LogP contribution in [0.1, 0.15) is 26.4 Å². The number of aromatic nitrogens is 4. The van der Waals surface area contributed by atoms with E-state index in [-0.39, 0.29) is 0 Å². The molecule has 5 rings (SSSR count). The van der Waals surface area contributed by atoms with Crippen LogP contribution in [0.3, 0.4) is 0 Å². The van der Waals surface area contributed by atoms with Gasteiger partial charge in [-0.15, -0.1) is 11.3 Å². The highest BCUT2D eigenvalue weighted by atomic mass is 32.1. The van der Waals surface area contributed by atoms with E-state index < -0.39 is 0 Å². The Morgan fingerprint density at radius 1 is 1.03 bits per heavy atom. The molecule has 0 unspecified atom stereocenters. The Bertz CT molecular complexity index is 1430. The van der Waals surface area contributed by atoms with E-state index in [0.29, 0.717) is 23.5 Å². The molecule has 0 saturated carbocycles. The van der Waals surface area contributed by atoms with Gasteiger partial charge in [-0.25, -0.2) is 15.0 Å². The fraction of sp³-hybridized carbons (Fsp3) is 0.0800. The molecule has 0 saturated heterocycles. The molecule has 0 amide bonds. The van der Waals surface area contributed by atoms with Crippen molar-refractivity contribution in [2.45, 2.75) is 6.92 Å². The van der Waals surface area contributed by atoms with Gasteiger partial charge in [0.2, 0.25) is 5.95 Å². The van der Waals surface area contributed by atoms with Gasteiger partial charge in [0.1, 0.15) is 17.3 Å². The standard InChI is InChI=1S/C13H10N2OS.C12H11N3O2/c1-8-10-4-2-3-5-11(10)17-12(8)13-14-6-9(7-16)15-13;1-17-11-4-2-3-10(5-11)15-12-13-6-9(8-16)7-14-12/h2-7H,1H3,(H,14,15);2-8H,1H3,(H,13,14,15). The summed E-state index contributed by atoms with van der Waals surface area (Å²) in [5.41, 5.74) is 2.92. The number of rotatable bonds is 6. The highest BCUT2D eigenvalue weighted by Gasteiger charge is 2.12. The monoisotopic (exact) mass is 471 g/mol. The molecular formula is C25H21N5O3S. The largest absolute Gasteiger partial charge is 0.497 e. The predicted octanol–water partition coefficient (Wildman–Crippen LogP) is 5.45. The number of nitrogens with one attached hydrogen (secondary N) is 2. The molecule has 0 aliphatic rings. The van der Waals surface area contributed by atoms with Crippen molar-refractivity contribution < 1.29 is 14.3 Å². The first-order valence-electron chi connectivity index (χ1n) is 10.3. The number of fused-ring (bicyclic) bond motifs is 1. The first kappa shape index (κ1) is 22.8. The maximum atomic E-state index is 10.6. The van der Waals surface area contributed by atoms with E-state index in [1.54, 1.807) is 24.6 Å². The van der Waals surface area contributed by atoms with Crippen molar-refractivity contribution in [3.05, 3.63) is 83.9 Å². The van der Waals surface area contributed by atoms with E-state index in [2.05, 4.69) is 44.3 Å². The zero-order valence-corrected chi connectivity index (χ0v) is 19.3. The van der Waals surface area contributed by atoms with Crippen LogP contribution in [0.25, 0.3) is 20.8 Å². The van der Waals surface area contributed by atoms with Crippen LogP contribution in [0, 0.1) is 6.92 Å². The molecular weight excluding hydrogens is 450 g/mol. The van der Waals surface area contributed by atoms with Crippen molar-refractivity contribution in [1.29, 1.82) is 0 Å². The number of nitrogens with zero attached hydrogens (tertiary/aromatic N) is 3. The molecule has 3 aromatic heterocycles. The number of thiophene rings is 1. The fourth-order valence-corrected chi connectivity index (χ4v) is 4.37. The maximum absolute atomic E-state index is 10.6. The normalized spacial score (nSPS) is 10.3. The van der Waals surface area contributed by atoms with Crippen molar-refractivity contribution in [2.75, 3.05) is 12.4 Å². The third kappa shape index (κ3) is 5.16. The van der Waals surface area contributed by atoms with Gasteiger partial charge in [0, 0.05) is 35.0 Å². The lowest BCUT2D eigenvalue weighted by Crippen LogP contribution is -1.97. The second-order valence-electron chi connectivity index (χ2n) is 7.16. The van der Waals surface area contributed by atoms with E-state index in [4.69, 9.17) is 4.74 Å². The Balaban J connectivity index is 0.000000161. The second-order valence-corrected chi connectivity index (χ2v) is 8.21. The Labute approximate surface area is 199 Å². The lowest BCUT2D eigenvalue weighted by Gasteiger charge is -2.06. The summed E-state index contributed by atoms with van der Waals surface area (Å²) in [6, 6.07) is 15.7. The summed E-state index contributed by atoms with van der Waals surface area (Å²) in [6.07, 6.45) is 6.01. The number of carbonyl (C=O) groups is 2. The maximum Gasteiger partial charge on any atom is 0.227 e. The Kier molecular flexibility index (Phi) is 7.04. The fourth-order valence-electron chi connectivity index (χ4n) is 3.21. The minimum atomic E-state index is 0.434. The molecule has 34 heavy (non-hydrogen) atoms. The number of benzene rings is 2. The number of hydrogen-bond acceptors (Lipinski definition) is 8. The highest BCUT2D eigenvalue weighted by molar-refractivity contribution is 7.22. The van der Waals surface area contributed by atoms with Crippen LogP contribution in [0.15, 0.2) is 67.1 Å². The van der Waals surface area contributed by atoms with Gasteiger partial charge in [-0.3, -0.25) is 9.59 Å². The molecule has 0 spiro atoms. The lowest BCUT2D eigenvalue weighted by atomic mass is 10.1. The molecule has 0 aliphatic heterocycles. The molecule has 9 heteroatoms. The summed E-state index contributed by atoms with van der Waals surface area (Å²) < 4.78 is 6.34. The molecule has 5 aromatic rings. The van der Waals surface area contributed by atoms with Gasteiger partial charge in [-0.05, 0) is 36.1 Å². The molecule has 0 atom stereocenters. The highest BCUT2D eigenvalue weighted by Crippen LogP contribution is 2.36. The van der Waals surface area contributed by atoms with Crippen LogP contribution in [0.2, 0.25) is 0 Å². The topological polar surface area (TPSA) is 110 Å². The number of methoxy groups -OCH3 is 1. The lowest BCUT2D eigenvalue weighted by molar-refractivity contribution is 0.111. The SMILES string of the molecule is COc1cccc(Nc2ncc(C=O)cn2)c1.Cc1c(-c2nc(C=O)c[nH]2)sc2ccccc12. The molecule has 170 valence electrons. The third-order valence-corrected chi connectivity index (χ3v) is 6.19. The first-order valence-corrected chi connectivity index (χ1v) is 11.1. The molecule has 0 radical (unpaired) electrons. The first-order chi connectivity index (χ1) is 16.6. The minimum absolute atomic E-state index is 0.434. The van der Waals surface area contributed by atoms with Crippen LogP contribution >= 0.6 is 11.3 Å². The molecule has 0 aliphatic carbocycles.